The maximum atomic E-state index is 13.1. The van der Waals surface area contributed by atoms with Gasteiger partial charge in [-0.3, -0.25) is 9.10 Å². The third kappa shape index (κ3) is 4.82. The zero-order valence-corrected chi connectivity index (χ0v) is 17.9. The van der Waals surface area contributed by atoms with Crippen LogP contribution < -0.4 is 19.1 Å². The van der Waals surface area contributed by atoms with Crippen molar-refractivity contribution < 1.29 is 22.7 Å². The third-order valence-electron chi connectivity index (χ3n) is 4.60. The molecule has 1 atom stereocenters. The van der Waals surface area contributed by atoms with E-state index in [9.17, 15) is 13.2 Å². The Morgan fingerprint density at radius 1 is 1.07 bits per heavy atom. The number of fused-ring (bicyclic) bond motifs is 1. The highest BCUT2D eigenvalue weighted by Crippen LogP contribution is 2.33. The minimum Gasteiger partial charge on any atom is -0.486 e. The van der Waals surface area contributed by atoms with Gasteiger partial charge in [-0.15, -0.1) is 0 Å². The largest absolute Gasteiger partial charge is 0.486 e. The molecule has 0 unspecified atom stereocenters. The van der Waals surface area contributed by atoms with Gasteiger partial charge in [0.05, 0.1) is 11.9 Å². The van der Waals surface area contributed by atoms with Gasteiger partial charge in [-0.25, -0.2) is 8.42 Å². The quantitative estimate of drug-likeness (QED) is 0.778. The fourth-order valence-corrected chi connectivity index (χ4v) is 4.68. The van der Waals surface area contributed by atoms with Crippen LogP contribution in [0.25, 0.3) is 0 Å². The van der Waals surface area contributed by atoms with Crippen molar-refractivity contribution in [1.82, 2.24) is 0 Å². The van der Waals surface area contributed by atoms with Crippen LogP contribution in [0.3, 0.4) is 0 Å². The Kier molecular flexibility index (Phi) is 6.02. The smallest absolute Gasteiger partial charge is 0.248 e. The summed E-state index contributed by atoms with van der Waals surface area (Å²) in [5, 5.41) is 2.81. The minimum atomic E-state index is -3.69. The average molecular weight is 419 g/mol. The van der Waals surface area contributed by atoms with E-state index in [1.165, 1.54) is 4.31 Å². The lowest BCUT2D eigenvalue weighted by Gasteiger charge is -2.30. The number of carbonyl (C=O) groups is 1. The molecule has 29 heavy (non-hydrogen) atoms. The van der Waals surface area contributed by atoms with Crippen LogP contribution in [0.2, 0.25) is 0 Å². The average Bonchev–Trinajstić information content (AvgIpc) is 2.63. The zero-order chi connectivity index (χ0) is 21.2. The van der Waals surface area contributed by atoms with Crippen LogP contribution in [0.4, 0.5) is 11.4 Å². The molecule has 2 aromatic rings. The molecule has 0 aliphatic carbocycles. The predicted molar refractivity (Wildman–Crippen MR) is 113 cm³/mol. The Balaban J connectivity index is 1.91. The van der Waals surface area contributed by atoms with E-state index in [-0.39, 0.29) is 0 Å². The third-order valence-corrected chi connectivity index (χ3v) is 5.78. The van der Waals surface area contributed by atoms with Crippen LogP contribution in [0.1, 0.15) is 24.5 Å². The minimum absolute atomic E-state index is 0.316. The lowest BCUT2D eigenvalue weighted by Crippen LogP contribution is -2.47. The molecule has 1 N–H and O–H groups in total. The summed E-state index contributed by atoms with van der Waals surface area (Å²) in [6.45, 7) is 6.50. The summed E-state index contributed by atoms with van der Waals surface area (Å²) in [6.07, 6.45) is 1.43. The second-order valence-electron chi connectivity index (χ2n) is 7.18. The molecule has 0 fully saturated rings. The summed E-state index contributed by atoms with van der Waals surface area (Å²) >= 11 is 0. The normalized spacial score (nSPS) is 14.2. The Morgan fingerprint density at radius 2 is 1.69 bits per heavy atom. The van der Waals surface area contributed by atoms with Gasteiger partial charge in [0, 0.05) is 11.8 Å². The van der Waals surface area contributed by atoms with Crippen LogP contribution in [0.15, 0.2) is 36.4 Å². The van der Waals surface area contributed by atoms with Crippen molar-refractivity contribution in [2.45, 2.75) is 33.2 Å². The van der Waals surface area contributed by atoms with E-state index in [0.717, 1.165) is 17.4 Å². The Hall–Kier alpha value is -2.74. The van der Waals surface area contributed by atoms with E-state index in [1.807, 2.05) is 19.9 Å². The van der Waals surface area contributed by atoms with Gasteiger partial charge >= 0.3 is 0 Å². The Labute approximate surface area is 171 Å². The van der Waals surface area contributed by atoms with Crippen LogP contribution in [-0.4, -0.2) is 39.8 Å². The highest BCUT2D eigenvalue weighted by Gasteiger charge is 2.32. The maximum absolute atomic E-state index is 13.1. The van der Waals surface area contributed by atoms with Crippen LogP contribution in [-0.2, 0) is 14.8 Å². The maximum Gasteiger partial charge on any atom is 0.248 e. The molecule has 2 aromatic carbocycles. The van der Waals surface area contributed by atoms with E-state index in [1.54, 1.807) is 37.3 Å². The van der Waals surface area contributed by atoms with Crippen molar-refractivity contribution >= 4 is 27.3 Å². The fraction of sp³-hybridized carbons (Fsp3) is 0.381. The monoisotopic (exact) mass is 418 g/mol. The summed E-state index contributed by atoms with van der Waals surface area (Å²) in [4.78, 5) is 13.1. The number of anilines is 2. The van der Waals surface area contributed by atoms with Crippen LogP contribution in [0.5, 0.6) is 11.5 Å². The highest BCUT2D eigenvalue weighted by atomic mass is 32.2. The molecule has 1 amide bonds. The summed E-state index contributed by atoms with van der Waals surface area (Å²) in [6, 6.07) is 9.73. The molecule has 0 saturated heterocycles. The van der Waals surface area contributed by atoms with Crippen LogP contribution >= 0.6 is 0 Å². The molecule has 3 rings (SSSR count). The van der Waals surface area contributed by atoms with Gasteiger partial charge in [0.15, 0.2) is 11.5 Å². The molecular weight excluding hydrogens is 392 g/mol. The first-order valence-electron chi connectivity index (χ1n) is 9.47. The number of amides is 1. The highest BCUT2D eigenvalue weighted by molar-refractivity contribution is 7.92. The fourth-order valence-electron chi connectivity index (χ4n) is 3.48. The van der Waals surface area contributed by atoms with Gasteiger partial charge in [0.2, 0.25) is 15.9 Å². The van der Waals surface area contributed by atoms with Crippen molar-refractivity contribution in [3.8, 4) is 11.5 Å². The van der Waals surface area contributed by atoms with E-state index < -0.39 is 22.0 Å². The summed E-state index contributed by atoms with van der Waals surface area (Å²) < 4.78 is 37.5. The molecule has 1 heterocycles. The number of benzene rings is 2. The first-order chi connectivity index (χ1) is 13.7. The number of aryl methyl sites for hydroxylation is 2. The molecule has 0 radical (unpaired) electrons. The number of nitrogens with one attached hydrogen (secondary N) is 1. The number of carbonyl (C=O) groups excluding carboxylic acids is 1. The van der Waals surface area contributed by atoms with Gasteiger partial charge < -0.3 is 14.8 Å². The van der Waals surface area contributed by atoms with E-state index >= 15 is 0 Å². The molecule has 0 bridgehead atoms. The van der Waals surface area contributed by atoms with Crippen LogP contribution in [0, 0.1) is 13.8 Å². The number of nitrogens with zero attached hydrogens (tertiary/aromatic N) is 1. The van der Waals surface area contributed by atoms with E-state index in [4.69, 9.17) is 9.47 Å². The molecule has 0 aromatic heterocycles. The number of hydrogen-bond donors (Lipinski definition) is 1. The summed E-state index contributed by atoms with van der Waals surface area (Å²) in [5.41, 5.74) is 2.85. The molecule has 8 heteroatoms. The van der Waals surface area contributed by atoms with Crippen molar-refractivity contribution in [2.24, 2.45) is 0 Å². The molecule has 156 valence electrons. The number of sulfonamides is 1. The number of ether oxygens (including phenoxy) is 2. The number of hydrogen-bond acceptors (Lipinski definition) is 5. The molecule has 1 aliphatic heterocycles. The van der Waals surface area contributed by atoms with Gasteiger partial charge in [-0.05, 0) is 55.7 Å². The SMILES string of the molecule is CC[C@@H](C(=O)Nc1ccc2c(c1)OCCO2)N(c1cc(C)cc(C)c1)S(C)(=O)=O. The second kappa shape index (κ2) is 8.32. The topological polar surface area (TPSA) is 84.9 Å². The van der Waals surface area contributed by atoms with Crippen molar-refractivity contribution in [3.05, 3.63) is 47.5 Å². The second-order valence-corrected chi connectivity index (χ2v) is 9.04. The molecule has 0 saturated carbocycles. The predicted octanol–water partition coefficient (Wildman–Crippen LogP) is 3.26. The molecule has 1 aliphatic rings. The van der Waals surface area contributed by atoms with Crippen molar-refractivity contribution in [2.75, 3.05) is 29.1 Å². The Morgan fingerprint density at radius 3 is 2.28 bits per heavy atom. The lowest BCUT2D eigenvalue weighted by atomic mass is 10.1. The standard InChI is InChI=1S/C21H26N2O5S/c1-5-18(23(29(4,25)26)17-11-14(2)10-15(3)12-17)21(24)22-16-6-7-19-20(13-16)28-9-8-27-19/h6-7,10-13,18H,5,8-9H2,1-4H3,(H,22,24)/t18-/m0/s1. The molecular formula is C21H26N2O5S. The summed E-state index contributed by atoms with van der Waals surface area (Å²) in [5.74, 6) is 0.763. The molecule has 0 spiro atoms. The zero-order valence-electron chi connectivity index (χ0n) is 17.1. The first-order valence-corrected chi connectivity index (χ1v) is 11.3. The van der Waals surface area contributed by atoms with E-state index in [2.05, 4.69) is 5.32 Å². The van der Waals surface area contributed by atoms with Gasteiger partial charge in [0.25, 0.3) is 0 Å². The van der Waals surface area contributed by atoms with Gasteiger partial charge in [0.1, 0.15) is 19.3 Å². The first kappa shape index (κ1) is 21.0. The van der Waals surface area contributed by atoms with Crippen molar-refractivity contribution in [1.29, 1.82) is 0 Å². The summed E-state index contributed by atoms with van der Waals surface area (Å²) in [7, 11) is -3.69. The van der Waals surface area contributed by atoms with Crippen molar-refractivity contribution in [3.63, 3.8) is 0 Å². The van der Waals surface area contributed by atoms with Gasteiger partial charge in [-0.1, -0.05) is 13.0 Å². The number of rotatable bonds is 6. The Bertz CT molecular complexity index is 999. The van der Waals surface area contributed by atoms with E-state index in [0.29, 0.717) is 42.5 Å². The molecule has 7 nitrogen and oxygen atoms in total. The lowest BCUT2D eigenvalue weighted by molar-refractivity contribution is -0.117. The van der Waals surface area contributed by atoms with Gasteiger partial charge in [-0.2, -0.15) is 0 Å².